The number of hydrogen-bond donors (Lipinski definition) is 1. The summed E-state index contributed by atoms with van der Waals surface area (Å²) in [7, 11) is -1.15. The topological polar surface area (TPSA) is 62.5 Å². The van der Waals surface area contributed by atoms with Crippen LogP contribution in [0.1, 0.15) is 30.5 Å². The molecule has 2 rings (SSSR count). The molecule has 0 saturated carbocycles. The van der Waals surface area contributed by atoms with E-state index in [1.54, 1.807) is 18.2 Å². The summed E-state index contributed by atoms with van der Waals surface area (Å²) in [5, 5.41) is 19.5. The SMILES string of the molecule is CC(C)(c1ccc(O)cc1)c1cc(Cl)c(OCOCC[Si](C)(C)C)c(C#N)c1. The molecule has 0 heterocycles. The first-order valence-electron chi connectivity index (χ1n) is 9.29. The quantitative estimate of drug-likeness (QED) is 0.328. The Hall–Kier alpha value is -2.00. The van der Waals surface area contributed by atoms with Gasteiger partial charge in [-0.15, -0.1) is 0 Å². The van der Waals surface area contributed by atoms with Gasteiger partial charge >= 0.3 is 0 Å². The van der Waals surface area contributed by atoms with Crippen LogP contribution in [0.2, 0.25) is 30.7 Å². The fraction of sp³-hybridized carbons (Fsp3) is 0.409. The number of nitriles is 1. The third-order valence-corrected chi connectivity index (χ3v) is 6.74. The van der Waals surface area contributed by atoms with E-state index in [9.17, 15) is 10.4 Å². The van der Waals surface area contributed by atoms with E-state index in [1.165, 1.54) is 0 Å². The highest BCUT2D eigenvalue weighted by atomic mass is 35.5. The summed E-state index contributed by atoms with van der Waals surface area (Å²) in [5.74, 6) is 0.565. The van der Waals surface area contributed by atoms with Crippen molar-refractivity contribution in [3.63, 3.8) is 0 Å². The van der Waals surface area contributed by atoms with Crippen molar-refractivity contribution >= 4 is 19.7 Å². The van der Waals surface area contributed by atoms with Crippen molar-refractivity contribution in [2.45, 2.75) is 44.9 Å². The third kappa shape index (κ3) is 5.75. The molecular formula is C22H28ClNO3Si. The second-order valence-corrected chi connectivity index (χ2v) is 14.6. The van der Waals surface area contributed by atoms with Crippen LogP contribution >= 0.6 is 11.6 Å². The molecule has 0 saturated heterocycles. The molecular weight excluding hydrogens is 390 g/mol. The van der Waals surface area contributed by atoms with Crippen LogP contribution < -0.4 is 4.74 Å². The summed E-state index contributed by atoms with van der Waals surface area (Å²) in [5.41, 5.74) is 1.89. The van der Waals surface area contributed by atoms with Crippen molar-refractivity contribution in [2.24, 2.45) is 0 Å². The Morgan fingerprint density at radius 1 is 1.11 bits per heavy atom. The summed E-state index contributed by atoms with van der Waals surface area (Å²) in [6.07, 6.45) is 0. The molecule has 28 heavy (non-hydrogen) atoms. The predicted molar refractivity (Wildman–Crippen MR) is 116 cm³/mol. The van der Waals surface area contributed by atoms with E-state index in [2.05, 4.69) is 25.7 Å². The molecule has 0 spiro atoms. The highest BCUT2D eigenvalue weighted by Crippen LogP contribution is 2.38. The van der Waals surface area contributed by atoms with Crippen molar-refractivity contribution in [3.8, 4) is 17.6 Å². The molecule has 0 bridgehead atoms. The predicted octanol–water partition coefficient (Wildman–Crippen LogP) is 5.93. The molecule has 0 aliphatic carbocycles. The standard InChI is InChI=1S/C22H28ClNO3Si/c1-22(2,17-6-8-19(25)9-7-17)18-12-16(14-24)21(20(23)13-18)27-15-26-10-11-28(3,4)5/h6-9,12-13,25H,10-11,15H2,1-5H3. The number of ether oxygens (including phenoxy) is 2. The molecule has 6 heteroatoms. The van der Waals surface area contributed by atoms with Gasteiger partial charge in [0.1, 0.15) is 11.8 Å². The lowest BCUT2D eigenvalue weighted by atomic mass is 9.77. The summed E-state index contributed by atoms with van der Waals surface area (Å²) in [4.78, 5) is 0. The minimum atomic E-state index is -1.15. The lowest BCUT2D eigenvalue weighted by Gasteiger charge is -2.27. The van der Waals surface area contributed by atoms with Gasteiger partial charge in [-0.25, -0.2) is 0 Å². The van der Waals surface area contributed by atoms with Crippen LogP contribution in [0.15, 0.2) is 36.4 Å². The van der Waals surface area contributed by atoms with Crippen LogP contribution in [0, 0.1) is 11.3 Å². The summed E-state index contributed by atoms with van der Waals surface area (Å²) < 4.78 is 11.2. The Bertz CT molecular complexity index is 852. The Morgan fingerprint density at radius 2 is 1.75 bits per heavy atom. The number of benzene rings is 2. The van der Waals surface area contributed by atoms with Crippen molar-refractivity contribution in [3.05, 3.63) is 58.1 Å². The number of phenols is 1. The van der Waals surface area contributed by atoms with Crippen LogP contribution in [0.3, 0.4) is 0 Å². The van der Waals surface area contributed by atoms with Gasteiger partial charge in [-0.3, -0.25) is 0 Å². The van der Waals surface area contributed by atoms with E-state index in [1.807, 2.05) is 32.0 Å². The largest absolute Gasteiger partial charge is 0.508 e. The minimum Gasteiger partial charge on any atom is -0.508 e. The van der Waals surface area contributed by atoms with E-state index in [0.717, 1.165) is 17.2 Å². The van der Waals surface area contributed by atoms with Gasteiger partial charge in [0.25, 0.3) is 0 Å². The molecule has 0 aromatic heterocycles. The van der Waals surface area contributed by atoms with E-state index < -0.39 is 13.5 Å². The van der Waals surface area contributed by atoms with Crippen LogP contribution in [-0.4, -0.2) is 26.6 Å². The number of aromatic hydroxyl groups is 1. The number of halogens is 1. The molecule has 2 aromatic rings. The maximum absolute atomic E-state index is 9.59. The molecule has 0 aliphatic rings. The molecule has 0 amide bonds. The number of rotatable bonds is 8. The summed E-state index contributed by atoms with van der Waals surface area (Å²) >= 11 is 6.45. The van der Waals surface area contributed by atoms with E-state index in [-0.39, 0.29) is 12.5 Å². The lowest BCUT2D eigenvalue weighted by molar-refractivity contribution is 0.0219. The van der Waals surface area contributed by atoms with Gasteiger partial charge < -0.3 is 14.6 Å². The molecule has 0 radical (unpaired) electrons. The van der Waals surface area contributed by atoms with Gasteiger partial charge in [0.05, 0.1) is 10.6 Å². The smallest absolute Gasteiger partial charge is 0.189 e. The van der Waals surface area contributed by atoms with Gasteiger partial charge in [-0.2, -0.15) is 5.26 Å². The fourth-order valence-electron chi connectivity index (χ4n) is 2.77. The van der Waals surface area contributed by atoms with Gasteiger partial charge in [0.15, 0.2) is 12.5 Å². The normalized spacial score (nSPS) is 11.9. The maximum Gasteiger partial charge on any atom is 0.189 e. The number of phenolic OH excluding ortho intramolecular Hbond substituents is 1. The summed E-state index contributed by atoms with van der Waals surface area (Å²) in [6, 6.07) is 13.9. The van der Waals surface area contributed by atoms with Gasteiger partial charge in [-0.1, -0.05) is 57.2 Å². The van der Waals surface area contributed by atoms with Gasteiger partial charge in [0, 0.05) is 20.1 Å². The molecule has 0 atom stereocenters. The zero-order valence-electron chi connectivity index (χ0n) is 17.2. The molecule has 4 nitrogen and oxygen atoms in total. The molecule has 0 aliphatic heterocycles. The first-order chi connectivity index (χ1) is 13.0. The highest BCUT2D eigenvalue weighted by Gasteiger charge is 2.26. The average Bonchev–Trinajstić information content (AvgIpc) is 2.61. The van der Waals surface area contributed by atoms with Crippen LogP contribution in [0.25, 0.3) is 0 Å². The second kappa shape index (κ2) is 9.00. The van der Waals surface area contributed by atoms with Gasteiger partial charge in [-0.05, 0) is 41.4 Å². The number of hydrogen-bond acceptors (Lipinski definition) is 4. The van der Waals surface area contributed by atoms with Crippen molar-refractivity contribution < 1.29 is 14.6 Å². The van der Waals surface area contributed by atoms with Crippen molar-refractivity contribution in [2.75, 3.05) is 13.4 Å². The van der Waals surface area contributed by atoms with E-state index in [4.69, 9.17) is 21.1 Å². The monoisotopic (exact) mass is 417 g/mol. The van der Waals surface area contributed by atoms with E-state index >= 15 is 0 Å². The van der Waals surface area contributed by atoms with Crippen molar-refractivity contribution in [1.29, 1.82) is 5.26 Å². The first-order valence-corrected chi connectivity index (χ1v) is 13.4. The fourth-order valence-corrected chi connectivity index (χ4v) is 3.80. The number of nitrogens with zero attached hydrogens (tertiary/aromatic N) is 1. The highest BCUT2D eigenvalue weighted by molar-refractivity contribution is 6.76. The zero-order chi connectivity index (χ0) is 20.9. The molecule has 2 aromatic carbocycles. The van der Waals surface area contributed by atoms with E-state index in [0.29, 0.717) is 22.9 Å². The molecule has 0 fully saturated rings. The average molecular weight is 418 g/mol. The Balaban J connectivity index is 2.19. The van der Waals surface area contributed by atoms with Crippen molar-refractivity contribution in [1.82, 2.24) is 0 Å². The Kier molecular flexibility index (Phi) is 7.16. The minimum absolute atomic E-state index is 0.0690. The van der Waals surface area contributed by atoms with Crippen LogP contribution in [-0.2, 0) is 10.2 Å². The van der Waals surface area contributed by atoms with Crippen LogP contribution in [0.4, 0.5) is 0 Å². The van der Waals surface area contributed by atoms with Crippen LogP contribution in [0.5, 0.6) is 11.5 Å². The summed E-state index contributed by atoms with van der Waals surface area (Å²) in [6.45, 7) is 11.7. The zero-order valence-corrected chi connectivity index (χ0v) is 18.9. The maximum atomic E-state index is 9.59. The first kappa shape index (κ1) is 22.3. The molecule has 150 valence electrons. The third-order valence-electron chi connectivity index (χ3n) is 4.76. The molecule has 0 unspecified atom stereocenters. The Morgan fingerprint density at radius 3 is 2.32 bits per heavy atom. The lowest BCUT2D eigenvalue weighted by Crippen LogP contribution is -2.22. The molecule has 1 N–H and O–H groups in total. The Labute approximate surface area is 173 Å². The van der Waals surface area contributed by atoms with Gasteiger partial charge in [0.2, 0.25) is 0 Å². The second-order valence-electron chi connectivity index (χ2n) is 8.60.